The van der Waals surface area contributed by atoms with Gasteiger partial charge in [0.25, 0.3) is 0 Å². The summed E-state index contributed by atoms with van der Waals surface area (Å²) in [5, 5.41) is 0. The molecule has 0 heterocycles. The minimum atomic E-state index is -0.190. The summed E-state index contributed by atoms with van der Waals surface area (Å²) in [5.41, 5.74) is 10.8. The van der Waals surface area contributed by atoms with Gasteiger partial charge in [-0.3, -0.25) is 0 Å². The first-order chi connectivity index (χ1) is 11.1. The van der Waals surface area contributed by atoms with Crippen LogP contribution in [0.4, 0.5) is 0 Å². The van der Waals surface area contributed by atoms with E-state index in [1.807, 2.05) is 0 Å². The SMILES string of the molecule is [CH2][C@@]1(N)CC[C@@H](c2ccc3c(c2)CC[C@@H](CCCCCC)C3)C1. The average Bonchev–Trinajstić information content (AvgIpc) is 2.91. The molecule has 3 atom stereocenters. The number of nitrogens with two attached hydrogens (primary N) is 1. The van der Waals surface area contributed by atoms with Gasteiger partial charge in [0.2, 0.25) is 0 Å². The standard InChI is InChI=1S/C22H34N/c1-3-4-5-6-7-17-8-9-19-15-20(11-10-18(19)14-17)21-12-13-22(2,23)16-21/h10-11,15,17,21H,2-9,12-14,16,23H2,1H3/t17-,21-,22-/m1/s1. The Morgan fingerprint density at radius 1 is 1.17 bits per heavy atom. The topological polar surface area (TPSA) is 26.0 Å². The number of hydrogen-bond acceptors (Lipinski definition) is 1. The highest BCUT2D eigenvalue weighted by molar-refractivity contribution is 5.36. The van der Waals surface area contributed by atoms with E-state index in [9.17, 15) is 0 Å². The van der Waals surface area contributed by atoms with Crippen LogP contribution in [-0.2, 0) is 12.8 Å². The van der Waals surface area contributed by atoms with Crippen molar-refractivity contribution in [3.63, 3.8) is 0 Å². The summed E-state index contributed by atoms with van der Waals surface area (Å²) in [6.07, 6.45) is 14.3. The predicted molar refractivity (Wildman–Crippen MR) is 99.6 cm³/mol. The van der Waals surface area contributed by atoms with Gasteiger partial charge in [-0.1, -0.05) is 57.2 Å². The first-order valence-electron chi connectivity index (χ1n) is 9.83. The second-order valence-corrected chi connectivity index (χ2v) is 8.29. The first-order valence-corrected chi connectivity index (χ1v) is 9.83. The minimum absolute atomic E-state index is 0.190. The number of unbranched alkanes of at least 4 members (excludes halogenated alkanes) is 3. The molecule has 0 unspecified atom stereocenters. The maximum Gasteiger partial charge on any atom is 0.0161 e. The third-order valence-corrected chi connectivity index (χ3v) is 6.14. The summed E-state index contributed by atoms with van der Waals surface area (Å²) in [6.45, 7) is 6.46. The largest absolute Gasteiger partial charge is 0.325 e. The fraction of sp³-hybridized carbons (Fsp3) is 0.682. The van der Waals surface area contributed by atoms with Crippen molar-refractivity contribution in [2.75, 3.05) is 0 Å². The van der Waals surface area contributed by atoms with E-state index < -0.39 is 0 Å². The van der Waals surface area contributed by atoms with Crippen LogP contribution >= 0.6 is 0 Å². The summed E-state index contributed by atoms with van der Waals surface area (Å²) in [5.74, 6) is 1.56. The van der Waals surface area contributed by atoms with Crippen molar-refractivity contribution in [1.82, 2.24) is 0 Å². The molecule has 2 aliphatic carbocycles. The van der Waals surface area contributed by atoms with E-state index in [2.05, 4.69) is 32.0 Å². The molecule has 0 spiro atoms. The molecule has 1 fully saturated rings. The lowest BCUT2D eigenvalue weighted by atomic mass is 9.79. The minimum Gasteiger partial charge on any atom is -0.325 e. The number of benzene rings is 1. The predicted octanol–water partition coefficient (Wildman–Crippen LogP) is 5.56. The summed E-state index contributed by atoms with van der Waals surface area (Å²) < 4.78 is 0. The smallest absolute Gasteiger partial charge is 0.0161 e. The average molecular weight is 313 g/mol. The number of hydrogen-bond donors (Lipinski definition) is 1. The van der Waals surface area contributed by atoms with Crippen molar-refractivity contribution >= 4 is 0 Å². The zero-order valence-electron chi connectivity index (χ0n) is 14.9. The molecule has 0 aromatic heterocycles. The van der Waals surface area contributed by atoms with Crippen LogP contribution in [-0.4, -0.2) is 5.54 Å². The lowest BCUT2D eigenvalue weighted by molar-refractivity contribution is 0.405. The van der Waals surface area contributed by atoms with Gasteiger partial charge in [-0.2, -0.15) is 0 Å². The molecule has 1 nitrogen and oxygen atoms in total. The van der Waals surface area contributed by atoms with Crippen molar-refractivity contribution in [3.8, 4) is 0 Å². The fourth-order valence-electron chi connectivity index (χ4n) is 4.65. The highest BCUT2D eigenvalue weighted by Gasteiger charge is 2.32. The number of rotatable bonds is 6. The van der Waals surface area contributed by atoms with Crippen molar-refractivity contribution in [2.45, 2.75) is 89.0 Å². The van der Waals surface area contributed by atoms with Gasteiger partial charge in [0.15, 0.2) is 0 Å². The second kappa shape index (κ2) is 7.38. The monoisotopic (exact) mass is 312 g/mol. The van der Waals surface area contributed by atoms with Gasteiger partial charge in [0.05, 0.1) is 0 Å². The molecule has 0 aliphatic heterocycles. The van der Waals surface area contributed by atoms with E-state index in [0.717, 1.165) is 18.8 Å². The molecule has 1 saturated carbocycles. The molecule has 0 amide bonds. The molecule has 127 valence electrons. The lowest BCUT2D eigenvalue weighted by Crippen LogP contribution is -2.32. The van der Waals surface area contributed by atoms with Crippen molar-refractivity contribution < 1.29 is 0 Å². The van der Waals surface area contributed by atoms with Crippen molar-refractivity contribution in [2.24, 2.45) is 11.7 Å². The zero-order chi connectivity index (χ0) is 16.3. The Bertz CT molecular complexity index is 517. The van der Waals surface area contributed by atoms with E-state index in [1.54, 1.807) is 11.1 Å². The quantitative estimate of drug-likeness (QED) is 0.684. The highest BCUT2D eigenvalue weighted by Crippen LogP contribution is 2.40. The van der Waals surface area contributed by atoms with Crippen LogP contribution in [0, 0.1) is 12.8 Å². The maximum absolute atomic E-state index is 6.22. The number of fused-ring (bicyclic) bond motifs is 1. The van der Waals surface area contributed by atoms with Crippen LogP contribution in [0.1, 0.15) is 87.3 Å². The first kappa shape index (κ1) is 17.0. The molecule has 1 heteroatoms. The van der Waals surface area contributed by atoms with Crippen LogP contribution < -0.4 is 5.73 Å². The van der Waals surface area contributed by atoms with Crippen molar-refractivity contribution in [3.05, 3.63) is 41.8 Å². The third-order valence-electron chi connectivity index (χ3n) is 6.14. The Morgan fingerprint density at radius 3 is 2.78 bits per heavy atom. The fourth-order valence-corrected chi connectivity index (χ4v) is 4.65. The normalized spacial score (nSPS) is 30.4. The molecule has 0 saturated heterocycles. The Labute approximate surface area is 143 Å². The van der Waals surface area contributed by atoms with Gasteiger partial charge in [-0.05, 0) is 74.0 Å². The van der Waals surface area contributed by atoms with E-state index in [-0.39, 0.29) is 5.54 Å². The summed E-state index contributed by atoms with van der Waals surface area (Å²) >= 11 is 0. The molecule has 0 bridgehead atoms. The van der Waals surface area contributed by atoms with Crippen LogP contribution in [0.5, 0.6) is 0 Å². The summed E-state index contributed by atoms with van der Waals surface area (Å²) in [4.78, 5) is 0. The van der Waals surface area contributed by atoms with Gasteiger partial charge in [-0.25, -0.2) is 0 Å². The van der Waals surface area contributed by atoms with Gasteiger partial charge < -0.3 is 5.73 Å². The number of aryl methyl sites for hydroxylation is 1. The Balaban J connectivity index is 1.58. The summed E-state index contributed by atoms with van der Waals surface area (Å²) in [7, 11) is 0. The molecule has 1 aromatic rings. The van der Waals surface area contributed by atoms with E-state index in [0.29, 0.717) is 5.92 Å². The highest BCUT2D eigenvalue weighted by atomic mass is 14.7. The maximum atomic E-state index is 6.22. The Morgan fingerprint density at radius 2 is 2.04 bits per heavy atom. The van der Waals surface area contributed by atoms with E-state index >= 15 is 0 Å². The van der Waals surface area contributed by atoms with E-state index in [4.69, 9.17) is 5.73 Å². The van der Waals surface area contributed by atoms with Crippen LogP contribution in [0.25, 0.3) is 0 Å². The van der Waals surface area contributed by atoms with Crippen LogP contribution in [0.2, 0.25) is 0 Å². The van der Waals surface area contributed by atoms with Gasteiger partial charge >= 0.3 is 0 Å². The van der Waals surface area contributed by atoms with Crippen molar-refractivity contribution in [1.29, 1.82) is 0 Å². The van der Waals surface area contributed by atoms with E-state index in [1.165, 1.54) is 63.4 Å². The summed E-state index contributed by atoms with van der Waals surface area (Å²) in [6, 6.07) is 7.29. The molecule has 3 rings (SSSR count). The zero-order valence-corrected chi connectivity index (χ0v) is 14.9. The lowest BCUT2D eigenvalue weighted by Gasteiger charge is -2.26. The molecule has 2 aliphatic rings. The van der Waals surface area contributed by atoms with Crippen LogP contribution in [0.15, 0.2) is 18.2 Å². The van der Waals surface area contributed by atoms with Crippen LogP contribution in [0.3, 0.4) is 0 Å². The Kier molecular flexibility index (Phi) is 5.46. The third kappa shape index (κ3) is 4.38. The van der Waals surface area contributed by atoms with Gasteiger partial charge in [0.1, 0.15) is 0 Å². The molecular formula is C22H34N. The molecular weight excluding hydrogens is 278 g/mol. The molecule has 1 aromatic carbocycles. The molecule has 1 radical (unpaired) electrons. The second-order valence-electron chi connectivity index (χ2n) is 8.29. The molecule has 2 N–H and O–H groups in total. The van der Waals surface area contributed by atoms with Gasteiger partial charge in [0, 0.05) is 5.54 Å². The van der Waals surface area contributed by atoms with Gasteiger partial charge in [-0.15, -0.1) is 0 Å². The Hall–Kier alpha value is -0.820. The molecule has 23 heavy (non-hydrogen) atoms.